The summed E-state index contributed by atoms with van der Waals surface area (Å²) >= 11 is 0. The number of ether oxygens (including phenoxy) is 1. The van der Waals surface area contributed by atoms with Crippen LogP contribution in [-0.4, -0.2) is 29.0 Å². The minimum Gasteiger partial charge on any atom is -0.484 e. The Bertz CT molecular complexity index is 701. The molecule has 1 N–H and O–H groups in total. The summed E-state index contributed by atoms with van der Waals surface area (Å²) in [6.07, 6.45) is 0. The molecule has 0 bridgehead atoms. The highest BCUT2D eigenvalue weighted by Gasteiger charge is 2.06. The molecule has 0 radical (unpaired) electrons. The Kier molecular flexibility index (Phi) is 7.00. The van der Waals surface area contributed by atoms with Crippen molar-refractivity contribution in [3.8, 4) is 5.75 Å². The molecule has 4 nitrogen and oxygen atoms in total. The van der Waals surface area contributed by atoms with Gasteiger partial charge in [-0.25, -0.2) is 0 Å². The summed E-state index contributed by atoms with van der Waals surface area (Å²) in [5.41, 5.74) is 3.36. The molecule has 0 aromatic heterocycles. The third kappa shape index (κ3) is 6.16. The number of aryl methyl sites for hydroxylation is 2. The van der Waals surface area contributed by atoms with E-state index in [-0.39, 0.29) is 12.5 Å². The Labute approximate surface area is 145 Å². The van der Waals surface area contributed by atoms with Gasteiger partial charge < -0.3 is 10.1 Å². The number of rotatable bonds is 8. The van der Waals surface area contributed by atoms with E-state index in [4.69, 9.17) is 4.74 Å². The van der Waals surface area contributed by atoms with Crippen molar-refractivity contribution in [3.63, 3.8) is 0 Å². The zero-order valence-corrected chi connectivity index (χ0v) is 14.9. The summed E-state index contributed by atoms with van der Waals surface area (Å²) in [5.74, 6) is 1.42. The van der Waals surface area contributed by atoms with E-state index in [0.29, 0.717) is 23.8 Å². The summed E-state index contributed by atoms with van der Waals surface area (Å²) in [7, 11) is -0.989. The van der Waals surface area contributed by atoms with E-state index in [9.17, 15) is 9.00 Å². The van der Waals surface area contributed by atoms with E-state index >= 15 is 0 Å². The van der Waals surface area contributed by atoms with Crippen LogP contribution in [0.15, 0.2) is 48.5 Å². The van der Waals surface area contributed by atoms with Gasteiger partial charge in [-0.2, -0.15) is 0 Å². The molecule has 5 heteroatoms. The van der Waals surface area contributed by atoms with E-state index in [1.54, 1.807) is 0 Å². The van der Waals surface area contributed by atoms with Crippen molar-refractivity contribution in [1.82, 2.24) is 5.32 Å². The molecule has 1 amide bonds. The molecule has 0 aliphatic carbocycles. The van der Waals surface area contributed by atoms with Gasteiger partial charge in [0.05, 0.1) is 0 Å². The molecule has 0 heterocycles. The maximum atomic E-state index is 12.0. The smallest absolute Gasteiger partial charge is 0.257 e. The lowest BCUT2D eigenvalue weighted by Gasteiger charge is -2.09. The van der Waals surface area contributed by atoms with Gasteiger partial charge in [-0.1, -0.05) is 36.4 Å². The predicted molar refractivity (Wildman–Crippen MR) is 97.6 cm³/mol. The van der Waals surface area contributed by atoms with E-state index in [1.165, 1.54) is 5.56 Å². The highest BCUT2D eigenvalue weighted by Crippen LogP contribution is 2.16. The highest BCUT2D eigenvalue weighted by atomic mass is 32.2. The van der Waals surface area contributed by atoms with E-state index in [0.717, 1.165) is 11.1 Å². The summed E-state index contributed by atoms with van der Waals surface area (Å²) < 4.78 is 17.4. The first-order valence-corrected chi connectivity index (χ1v) is 9.39. The Balaban J connectivity index is 1.66. The summed E-state index contributed by atoms with van der Waals surface area (Å²) in [6, 6.07) is 15.4. The fourth-order valence-corrected chi connectivity index (χ4v) is 3.18. The maximum Gasteiger partial charge on any atom is 0.257 e. The molecule has 0 saturated carbocycles. The number of hydrogen-bond acceptors (Lipinski definition) is 3. The number of hydrogen-bond donors (Lipinski definition) is 1. The van der Waals surface area contributed by atoms with Gasteiger partial charge in [-0.15, -0.1) is 0 Å². The van der Waals surface area contributed by atoms with Crippen molar-refractivity contribution >= 4 is 16.7 Å². The number of amides is 1. The van der Waals surface area contributed by atoms with Crippen LogP contribution >= 0.6 is 0 Å². The van der Waals surface area contributed by atoms with Crippen LogP contribution in [0.2, 0.25) is 0 Å². The normalized spacial score (nSPS) is 11.8. The third-order valence-electron chi connectivity index (χ3n) is 3.67. The Morgan fingerprint density at radius 3 is 2.54 bits per heavy atom. The quantitative estimate of drug-likeness (QED) is 0.800. The SMILES string of the molecule is Cc1ccc(OCC(=O)NCC[S@@](=O)Cc2ccccc2)cc1C. The molecule has 24 heavy (non-hydrogen) atoms. The fraction of sp³-hybridized carbons (Fsp3) is 0.316. The lowest BCUT2D eigenvalue weighted by atomic mass is 10.1. The summed E-state index contributed by atoms with van der Waals surface area (Å²) in [5, 5.41) is 2.74. The Hall–Kier alpha value is -2.14. The van der Waals surface area contributed by atoms with Gasteiger partial charge >= 0.3 is 0 Å². The number of carbonyl (C=O) groups is 1. The molecule has 0 unspecified atom stereocenters. The molecule has 0 aliphatic heterocycles. The van der Waals surface area contributed by atoms with E-state index in [2.05, 4.69) is 5.32 Å². The lowest BCUT2D eigenvalue weighted by molar-refractivity contribution is -0.122. The first-order chi connectivity index (χ1) is 11.5. The van der Waals surface area contributed by atoms with Crippen LogP contribution in [0.5, 0.6) is 5.75 Å². The van der Waals surface area contributed by atoms with Crippen LogP contribution in [0, 0.1) is 13.8 Å². The summed E-state index contributed by atoms with van der Waals surface area (Å²) in [6.45, 7) is 4.38. The minimum atomic E-state index is -0.989. The predicted octanol–water partition coefficient (Wildman–Crippen LogP) is 2.75. The zero-order chi connectivity index (χ0) is 17.4. The van der Waals surface area contributed by atoms with E-state index < -0.39 is 10.8 Å². The van der Waals surface area contributed by atoms with Gasteiger partial charge in [-0.05, 0) is 42.7 Å². The van der Waals surface area contributed by atoms with Crippen LogP contribution in [0.3, 0.4) is 0 Å². The van der Waals surface area contributed by atoms with Gasteiger partial charge in [0, 0.05) is 28.9 Å². The number of carbonyl (C=O) groups excluding carboxylic acids is 1. The first-order valence-electron chi connectivity index (χ1n) is 7.90. The minimum absolute atomic E-state index is 0.0339. The molecular formula is C19H23NO3S. The van der Waals surface area contributed by atoms with Gasteiger partial charge in [-0.3, -0.25) is 9.00 Å². The highest BCUT2D eigenvalue weighted by molar-refractivity contribution is 7.84. The average Bonchev–Trinajstić information content (AvgIpc) is 2.57. The van der Waals surface area contributed by atoms with Crippen molar-refractivity contribution < 1.29 is 13.7 Å². The molecule has 2 aromatic carbocycles. The monoisotopic (exact) mass is 345 g/mol. The van der Waals surface area contributed by atoms with Crippen LogP contribution in [0.4, 0.5) is 0 Å². The molecule has 1 atom stereocenters. The molecule has 128 valence electrons. The van der Waals surface area contributed by atoms with Crippen molar-refractivity contribution in [2.45, 2.75) is 19.6 Å². The summed E-state index contributed by atoms with van der Waals surface area (Å²) in [4.78, 5) is 11.8. The van der Waals surface area contributed by atoms with Crippen molar-refractivity contribution in [2.75, 3.05) is 18.9 Å². The molecule has 0 saturated heterocycles. The maximum absolute atomic E-state index is 12.0. The number of benzene rings is 2. The van der Waals surface area contributed by atoms with Gasteiger partial charge in [0.2, 0.25) is 0 Å². The lowest BCUT2D eigenvalue weighted by Crippen LogP contribution is -2.32. The fourth-order valence-electron chi connectivity index (χ4n) is 2.14. The molecule has 2 rings (SSSR count). The number of nitrogens with one attached hydrogen (secondary N) is 1. The van der Waals surface area contributed by atoms with E-state index in [1.807, 2.05) is 62.4 Å². The molecule has 0 aliphatic rings. The van der Waals surface area contributed by atoms with Gasteiger partial charge in [0.25, 0.3) is 5.91 Å². The average molecular weight is 345 g/mol. The third-order valence-corrected chi connectivity index (χ3v) is 4.99. The second-order valence-corrected chi connectivity index (χ2v) is 7.24. The second-order valence-electron chi connectivity index (χ2n) is 5.66. The van der Waals surface area contributed by atoms with Crippen LogP contribution in [0.1, 0.15) is 16.7 Å². The molecule has 2 aromatic rings. The first kappa shape index (κ1) is 18.2. The zero-order valence-electron chi connectivity index (χ0n) is 14.1. The Morgan fingerprint density at radius 2 is 1.83 bits per heavy atom. The van der Waals surface area contributed by atoms with Crippen LogP contribution < -0.4 is 10.1 Å². The molecule has 0 spiro atoms. The Morgan fingerprint density at radius 1 is 1.08 bits per heavy atom. The standard InChI is InChI=1S/C19H23NO3S/c1-15-8-9-18(12-16(15)2)23-13-19(21)20-10-11-24(22)14-17-6-4-3-5-7-17/h3-9,12H,10-11,13-14H2,1-2H3,(H,20,21)/t24-/m1/s1. The van der Waals surface area contributed by atoms with Crippen LogP contribution in [-0.2, 0) is 21.3 Å². The molecular weight excluding hydrogens is 322 g/mol. The van der Waals surface area contributed by atoms with Gasteiger partial charge in [0.15, 0.2) is 6.61 Å². The van der Waals surface area contributed by atoms with Crippen LogP contribution in [0.25, 0.3) is 0 Å². The van der Waals surface area contributed by atoms with Crippen molar-refractivity contribution in [2.24, 2.45) is 0 Å². The van der Waals surface area contributed by atoms with Crippen molar-refractivity contribution in [1.29, 1.82) is 0 Å². The largest absolute Gasteiger partial charge is 0.484 e. The van der Waals surface area contributed by atoms with Crippen molar-refractivity contribution in [3.05, 3.63) is 65.2 Å². The molecule has 0 fully saturated rings. The topological polar surface area (TPSA) is 55.4 Å². The van der Waals surface area contributed by atoms with Gasteiger partial charge in [0.1, 0.15) is 5.75 Å². The second kappa shape index (κ2) is 9.23.